The second-order valence-corrected chi connectivity index (χ2v) is 3.72. The van der Waals surface area contributed by atoms with E-state index in [1.165, 1.54) is 6.07 Å². The average molecular weight is 191 g/mol. The van der Waals surface area contributed by atoms with E-state index in [-0.39, 0.29) is 5.82 Å². The standard InChI is InChI=1S/C12H14FN/c13-10-5-3-4-9(8-10)11-6-1-2-7-12(11)14/h3-5,8H,1-2,6-7,14H2. The maximum atomic E-state index is 13.0. The van der Waals surface area contributed by atoms with Crippen LogP contribution in [0.15, 0.2) is 30.0 Å². The van der Waals surface area contributed by atoms with Crippen molar-refractivity contribution in [3.8, 4) is 0 Å². The van der Waals surface area contributed by atoms with Crippen LogP contribution in [0.25, 0.3) is 5.57 Å². The van der Waals surface area contributed by atoms with E-state index in [4.69, 9.17) is 5.73 Å². The van der Waals surface area contributed by atoms with Crippen molar-refractivity contribution in [3.63, 3.8) is 0 Å². The van der Waals surface area contributed by atoms with Crippen LogP contribution in [-0.2, 0) is 0 Å². The zero-order chi connectivity index (χ0) is 9.97. The quantitative estimate of drug-likeness (QED) is 0.725. The van der Waals surface area contributed by atoms with E-state index in [0.29, 0.717) is 0 Å². The molecule has 0 aliphatic heterocycles. The Bertz CT molecular complexity index is 368. The van der Waals surface area contributed by atoms with Gasteiger partial charge >= 0.3 is 0 Å². The molecule has 2 heteroatoms. The van der Waals surface area contributed by atoms with E-state index in [9.17, 15) is 4.39 Å². The normalized spacial score (nSPS) is 17.2. The van der Waals surface area contributed by atoms with E-state index in [1.54, 1.807) is 12.1 Å². The largest absolute Gasteiger partial charge is 0.402 e. The fourth-order valence-corrected chi connectivity index (χ4v) is 1.93. The summed E-state index contributed by atoms with van der Waals surface area (Å²) in [5, 5.41) is 0. The van der Waals surface area contributed by atoms with Crippen molar-refractivity contribution < 1.29 is 4.39 Å². The molecular weight excluding hydrogens is 177 g/mol. The molecule has 1 aliphatic rings. The molecule has 0 aromatic heterocycles. The number of halogens is 1. The third kappa shape index (κ3) is 1.79. The Morgan fingerprint density at radius 3 is 2.64 bits per heavy atom. The third-order valence-corrected chi connectivity index (χ3v) is 2.68. The van der Waals surface area contributed by atoms with Crippen LogP contribution in [-0.4, -0.2) is 0 Å². The molecule has 0 atom stereocenters. The first kappa shape index (κ1) is 9.25. The molecule has 1 aliphatic carbocycles. The molecule has 0 saturated carbocycles. The molecule has 0 amide bonds. The Morgan fingerprint density at radius 2 is 1.93 bits per heavy atom. The zero-order valence-corrected chi connectivity index (χ0v) is 8.09. The van der Waals surface area contributed by atoms with Gasteiger partial charge in [0.1, 0.15) is 5.82 Å². The highest BCUT2D eigenvalue weighted by atomic mass is 19.1. The maximum Gasteiger partial charge on any atom is 0.123 e. The van der Waals surface area contributed by atoms with Crippen LogP contribution >= 0.6 is 0 Å². The number of hydrogen-bond donors (Lipinski definition) is 1. The first-order chi connectivity index (χ1) is 6.77. The molecule has 0 saturated heterocycles. The van der Waals surface area contributed by atoms with Crippen LogP contribution < -0.4 is 5.73 Å². The fourth-order valence-electron chi connectivity index (χ4n) is 1.93. The van der Waals surface area contributed by atoms with Crippen LogP contribution in [0.1, 0.15) is 31.2 Å². The molecule has 0 bridgehead atoms. The Morgan fingerprint density at radius 1 is 1.14 bits per heavy atom. The molecular formula is C12H14FN. The van der Waals surface area contributed by atoms with Crippen molar-refractivity contribution in [1.82, 2.24) is 0 Å². The van der Waals surface area contributed by atoms with E-state index >= 15 is 0 Å². The average Bonchev–Trinajstić information content (AvgIpc) is 2.18. The van der Waals surface area contributed by atoms with Crippen LogP contribution in [0.3, 0.4) is 0 Å². The highest BCUT2D eigenvalue weighted by Gasteiger charge is 2.11. The molecule has 0 radical (unpaired) electrons. The van der Waals surface area contributed by atoms with Crippen molar-refractivity contribution in [1.29, 1.82) is 0 Å². The lowest BCUT2D eigenvalue weighted by atomic mass is 9.91. The van der Waals surface area contributed by atoms with Gasteiger partial charge in [-0.2, -0.15) is 0 Å². The third-order valence-electron chi connectivity index (χ3n) is 2.68. The molecule has 0 fully saturated rings. The number of rotatable bonds is 1. The van der Waals surface area contributed by atoms with Crippen molar-refractivity contribution >= 4 is 5.57 Å². The summed E-state index contributed by atoms with van der Waals surface area (Å²) < 4.78 is 13.0. The molecule has 0 spiro atoms. The molecule has 1 aromatic carbocycles. The van der Waals surface area contributed by atoms with E-state index in [1.807, 2.05) is 6.07 Å². The summed E-state index contributed by atoms with van der Waals surface area (Å²) in [4.78, 5) is 0. The molecule has 2 N–H and O–H groups in total. The molecule has 14 heavy (non-hydrogen) atoms. The van der Waals surface area contributed by atoms with Crippen LogP contribution in [0.5, 0.6) is 0 Å². The summed E-state index contributed by atoms with van der Waals surface area (Å²) in [6.07, 6.45) is 4.25. The molecule has 1 aromatic rings. The Balaban J connectivity index is 2.38. The van der Waals surface area contributed by atoms with Gasteiger partial charge in [-0.25, -0.2) is 4.39 Å². The first-order valence-corrected chi connectivity index (χ1v) is 5.01. The number of nitrogens with two attached hydrogens (primary N) is 1. The lowest BCUT2D eigenvalue weighted by molar-refractivity contribution is 0.626. The van der Waals surface area contributed by atoms with E-state index < -0.39 is 0 Å². The molecule has 0 heterocycles. The van der Waals surface area contributed by atoms with Gasteiger partial charge in [0.05, 0.1) is 0 Å². The molecule has 74 valence electrons. The molecule has 2 rings (SSSR count). The topological polar surface area (TPSA) is 26.0 Å². The number of allylic oxidation sites excluding steroid dienone is 2. The van der Waals surface area contributed by atoms with E-state index in [0.717, 1.165) is 42.5 Å². The Hall–Kier alpha value is -1.31. The number of benzene rings is 1. The second kappa shape index (κ2) is 3.82. The minimum Gasteiger partial charge on any atom is -0.402 e. The van der Waals surface area contributed by atoms with Gasteiger partial charge < -0.3 is 5.73 Å². The van der Waals surface area contributed by atoms with Crippen molar-refractivity contribution in [2.45, 2.75) is 25.7 Å². The van der Waals surface area contributed by atoms with Gasteiger partial charge in [0.2, 0.25) is 0 Å². The van der Waals surface area contributed by atoms with Gasteiger partial charge in [-0.3, -0.25) is 0 Å². The summed E-state index contributed by atoms with van der Waals surface area (Å²) in [5.74, 6) is -0.187. The van der Waals surface area contributed by atoms with Gasteiger partial charge in [0.25, 0.3) is 0 Å². The summed E-state index contributed by atoms with van der Waals surface area (Å²) in [5.41, 5.74) is 8.93. The second-order valence-electron chi connectivity index (χ2n) is 3.72. The Kier molecular flexibility index (Phi) is 2.53. The maximum absolute atomic E-state index is 13.0. The number of hydrogen-bond acceptors (Lipinski definition) is 1. The Labute approximate surface area is 83.4 Å². The smallest absolute Gasteiger partial charge is 0.123 e. The van der Waals surface area contributed by atoms with Gasteiger partial charge in [-0.15, -0.1) is 0 Å². The van der Waals surface area contributed by atoms with Gasteiger partial charge in [-0.05, 0) is 49.0 Å². The van der Waals surface area contributed by atoms with Gasteiger partial charge in [-0.1, -0.05) is 12.1 Å². The van der Waals surface area contributed by atoms with Crippen LogP contribution in [0.4, 0.5) is 4.39 Å². The first-order valence-electron chi connectivity index (χ1n) is 5.01. The van der Waals surface area contributed by atoms with E-state index in [2.05, 4.69) is 0 Å². The fraction of sp³-hybridized carbons (Fsp3) is 0.333. The lowest BCUT2D eigenvalue weighted by Gasteiger charge is -2.17. The predicted molar refractivity (Wildman–Crippen MR) is 56.0 cm³/mol. The van der Waals surface area contributed by atoms with Gasteiger partial charge in [0, 0.05) is 5.70 Å². The van der Waals surface area contributed by atoms with Gasteiger partial charge in [0.15, 0.2) is 0 Å². The summed E-state index contributed by atoms with van der Waals surface area (Å²) in [6, 6.07) is 6.69. The molecule has 1 nitrogen and oxygen atoms in total. The summed E-state index contributed by atoms with van der Waals surface area (Å²) >= 11 is 0. The van der Waals surface area contributed by atoms with Crippen molar-refractivity contribution in [2.24, 2.45) is 5.73 Å². The summed E-state index contributed by atoms with van der Waals surface area (Å²) in [6.45, 7) is 0. The minimum absolute atomic E-state index is 0.187. The zero-order valence-electron chi connectivity index (χ0n) is 8.09. The molecule has 0 unspecified atom stereocenters. The van der Waals surface area contributed by atoms with Crippen molar-refractivity contribution in [2.75, 3.05) is 0 Å². The van der Waals surface area contributed by atoms with Crippen LogP contribution in [0, 0.1) is 5.82 Å². The SMILES string of the molecule is NC1=C(c2cccc(F)c2)CCCC1. The predicted octanol–water partition coefficient (Wildman–Crippen LogP) is 3.07. The minimum atomic E-state index is -0.187. The highest BCUT2D eigenvalue weighted by molar-refractivity contribution is 5.68. The monoisotopic (exact) mass is 191 g/mol. The van der Waals surface area contributed by atoms with Crippen molar-refractivity contribution in [3.05, 3.63) is 41.3 Å². The van der Waals surface area contributed by atoms with Crippen LogP contribution in [0.2, 0.25) is 0 Å². The highest BCUT2D eigenvalue weighted by Crippen LogP contribution is 2.29. The summed E-state index contributed by atoms with van der Waals surface area (Å²) in [7, 11) is 0. The lowest BCUT2D eigenvalue weighted by Crippen LogP contribution is -2.07.